The summed E-state index contributed by atoms with van der Waals surface area (Å²) in [5, 5.41) is 0. The van der Waals surface area contributed by atoms with E-state index in [1.54, 1.807) is 17.7 Å². The zero-order chi connectivity index (χ0) is 11.0. The van der Waals surface area contributed by atoms with Gasteiger partial charge in [0.2, 0.25) is 0 Å². The molecular formula is C10H10FN3O. The minimum atomic E-state index is -0.421. The highest BCUT2D eigenvalue weighted by atomic mass is 19.1. The molecule has 0 aliphatic heterocycles. The summed E-state index contributed by atoms with van der Waals surface area (Å²) in [4.78, 5) is 15.3. The Bertz CT molecular complexity index is 533. The second-order valence-electron chi connectivity index (χ2n) is 3.27. The minimum Gasteiger partial charge on any atom is -0.340 e. The van der Waals surface area contributed by atoms with Gasteiger partial charge in [-0.1, -0.05) is 0 Å². The van der Waals surface area contributed by atoms with Crippen LogP contribution in [-0.4, -0.2) is 21.9 Å². The molecule has 0 saturated carbocycles. The second kappa shape index (κ2) is 3.43. The molecule has 2 aromatic heterocycles. The van der Waals surface area contributed by atoms with E-state index in [1.165, 1.54) is 6.07 Å². The van der Waals surface area contributed by atoms with E-state index in [0.29, 0.717) is 16.7 Å². The largest absolute Gasteiger partial charge is 0.340 e. The number of rotatable bonds is 2. The van der Waals surface area contributed by atoms with Crippen LogP contribution >= 0.6 is 0 Å². The van der Waals surface area contributed by atoms with Gasteiger partial charge in [0.15, 0.2) is 5.78 Å². The molecule has 0 saturated heterocycles. The monoisotopic (exact) mass is 207 g/mol. The Morgan fingerprint density at radius 2 is 2.33 bits per heavy atom. The summed E-state index contributed by atoms with van der Waals surface area (Å²) in [6, 6.07) is 2.96. The first-order chi connectivity index (χ1) is 7.13. The molecule has 0 atom stereocenters. The van der Waals surface area contributed by atoms with Crippen LogP contribution in [0.3, 0.4) is 0 Å². The lowest BCUT2D eigenvalue weighted by atomic mass is 10.3. The van der Waals surface area contributed by atoms with Crippen molar-refractivity contribution in [2.45, 2.75) is 0 Å². The summed E-state index contributed by atoms with van der Waals surface area (Å²) in [7, 11) is 1.69. The number of pyridine rings is 1. The van der Waals surface area contributed by atoms with E-state index in [-0.39, 0.29) is 12.3 Å². The van der Waals surface area contributed by atoms with Crippen LogP contribution in [0, 0.1) is 5.82 Å². The van der Waals surface area contributed by atoms with E-state index < -0.39 is 5.82 Å². The van der Waals surface area contributed by atoms with Crippen molar-refractivity contribution in [1.29, 1.82) is 0 Å². The van der Waals surface area contributed by atoms with E-state index in [4.69, 9.17) is 5.73 Å². The highest BCUT2D eigenvalue weighted by Gasteiger charge is 2.12. The summed E-state index contributed by atoms with van der Waals surface area (Å²) in [5.41, 5.74) is 6.90. The Morgan fingerprint density at radius 3 is 3.00 bits per heavy atom. The van der Waals surface area contributed by atoms with Crippen LogP contribution in [0.15, 0.2) is 18.3 Å². The van der Waals surface area contributed by atoms with Crippen LogP contribution in [0.5, 0.6) is 0 Å². The topological polar surface area (TPSA) is 60.9 Å². The van der Waals surface area contributed by atoms with Crippen LogP contribution in [0.4, 0.5) is 4.39 Å². The maximum absolute atomic E-state index is 12.9. The molecule has 0 bridgehead atoms. The van der Waals surface area contributed by atoms with Crippen LogP contribution < -0.4 is 5.73 Å². The highest BCUT2D eigenvalue weighted by Crippen LogP contribution is 2.17. The molecule has 0 amide bonds. The van der Waals surface area contributed by atoms with Crippen molar-refractivity contribution in [1.82, 2.24) is 9.55 Å². The molecule has 0 aromatic carbocycles. The summed E-state index contributed by atoms with van der Waals surface area (Å²) in [5.74, 6) is -0.605. The molecule has 2 N–H and O–H groups in total. The van der Waals surface area contributed by atoms with Gasteiger partial charge in [-0.3, -0.25) is 9.78 Å². The number of halogens is 1. The Morgan fingerprint density at radius 1 is 1.60 bits per heavy atom. The molecule has 2 aromatic rings. The third kappa shape index (κ3) is 1.50. The number of ketones is 1. The average Bonchev–Trinajstić information content (AvgIpc) is 2.55. The summed E-state index contributed by atoms with van der Waals surface area (Å²) >= 11 is 0. The molecule has 0 unspecified atom stereocenters. The number of aromatic nitrogens is 2. The van der Waals surface area contributed by atoms with Crippen LogP contribution in [0.25, 0.3) is 11.0 Å². The molecule has 15 heavy (non-hydrogen) atoms. The number of hydrogen-bond donors (Lipinski definition) is 1. The van der Waals surface area contributed by atoms with E-state index in [0.717, 1.165) is 6.20 Å². The van der Waals surface area contributed by atoms with Gasteiger partial charge in [-0.15, -0.1) is 0 Å². The molecule has 78 valence electrons. The molecule has 0 fully saturated rings. The molecule has 0 aliphatic rings. The van der Waals surface area contributed by atoms with E-state index in [2.05, 4.69) is 4.98 Å². The number of carbonyl (C=O) groups excluding carboxylic acids is 1. The maximum Gasteiger partial charge on any atom is 0.192 e. The molecule has 0 aliphatic carbocycles. The Kier molecular flexibility index (Phi) is 2.24. The molecule has 0 spiro atoms. The predicted octanol–water partition coefficient (Wildman–Crippen LogP) is 0.854. The van der Waals surface area contributed by atoms with Crippen molar-refractivity contribution in [3.63, 3.8) is 0 Å². The number of carbonyl (C=O) groups is 1. The van der Waals surface area contributed by atoms with Crippen LogP contribution in [0.1, 0.15) is 10.5 Å². The Labute approximate surface area is 85.5 Å². The highest BCUT2D eigenvalue weighted by molar-refractivity contribution is 6.00. The molecule has 0 radical (unpaired) electrons. The predicted molar refractivity (Wildman–Crippen MR) is 54.1 cm³/mol. The number of aryl methyl sites for hydroxylation is 1. The van der Waals surface area contributed by atoms with Gasteiger partial charge in [0, 0.05) is 13.1 Å². The number of nitrogens with zero attached hydrogens (tertiary/aromatic N) is 2. The van der Waals surface area contributed by atoms with E-state index in [1.807, 2.05) is 0 Å². The SMILES string of the molecule is Cn1c(C(=O)CN)cc2ncc(F)cc21. The Balaban J connectivity index is 2.69. The van der Waals surface area contributed by atoms with Gasteiger partial charge in [-0.2, -0.15) is 0 Å². The van der Waals surface area contributed by atoms with Crippen LogP contribution in [-0.2, 0) is 7.05 Å². The first kappa shape index (κ1) is 9.79. The van der Waals surface area contributed by atoms with Crippen molar-refractivity contribution < 1.29 is 9.18 Å². The van der Waals surface area contributed by atoms with Gasteiger partial charge in [0.05, 0.1) is 29.5 Å². The summed E-state index contributed by atoms with van der Waals surface area (Å²) < 4.78 is 14.5. The van der Waals surface area contributed by atoms with Crippen molar-refractivity contribution in [3.8, 4) is 0 Å². The fourth-order valence-corrected chi connectivity index (χ4v) is 1.55. The van der Waals surface area contributed by atoms with E-state index >= 15 is 0 Å². The number of fused-ring (bicyclic) bond motifs is 1. The lowest BCUT2D eigenvalue weighted by molar-refractivity contribution is 0.0994. The van der Waals surface area contributed by atoms with Crippen molar-refractivity contribution >= 4 is 16.8 Å². The third-order valence-corrected chi connectivity index (χ3v) is 2.33. The van der Waals surface area contributed by atoms with Gasteiger partial charge < -0.3 is 10.3 Å². The maximum atomic E-state index is 12.9. The molecule has 2 rings (SSSR count). The molecule has 5 heteroatoms. The van der Waals surface area contributed by atoms with Crippen molar-refractivity contribution in [3.05, 3.63) is 29.8 Å². The van der Waals surface area contributed by atoms with Gasteiger partial charge in [0.25, 0.3) is 0 Å². The average molecular weight is 207 g/mol. The first-order valence-corrected chi connectivity index (χ1v) is 4.47. The standard InChI is InChI=1S/C10H10FN3O/c1-14-8-2-6(11)5-13-7(8)3-9(14)10(15)4-12/h2-3,5H,4,12H2,1H3. The van der Waals surface area contributed by atoms with Gasteiger partial charge in [0.1, 0.15) is 5.82 Å². The van der Waals surface area contributed by atoms with Crippen molar-refractivity contribution in [2.75, 3.05) is 6.54 Å². The lowest BCUT2D eigenvalue weighted by Crippen LogP contribution is -2.16. The molecule has 2 heterocycles. The van der Waals surface area contributed by atoms with Gasteiger partial charge in [-0.05, 0) is 6.07 Å². The number of nitrogens with two attached hydrogens (primary N) is 1. The number of hydrogen-bond acceptors (Lipinski definition) is 3. The van der Waals surface area contributed by atoms with Crippen LogP contribution in [0.2, 0.25) is 0 Å². The second-order valence-corrected chi connectivity index (χ2v) is 3.27. The van der Waals surface area contributed by atoms with Gasteiger partial charge >= 0.3 is 0 Å². The molecular weight excluding hydrogens is 197 g/mol. The fourth-order valence-electron chi connectivity index (χ4n) is 1.55. The summed E-state index contributed by atoms with van der Waals surface area (Å²) in [6.45, 7) is -0.0629. The molecule has 4 nitrogen and oxygen atoms in total. The third-order valence-electron chi connectivity index (χ3n) is 2.33. The normalized spacial score (nSPS) is 10.9. The zero-order valence-corrected chi connectivity index (χ0v) is 8.20. The zero-order valence-electron chi connectivity index (χ0n) is 8.20. The van der Waals surface area contributed by atoms with Gasteiger partial charge in [-0.25, -0.2) is 4.39 Å². The van der Waals surface area contributed by atoms with Crippen molar-refractivity contribution in [2.24, 2.45) is 12.8 Å². The number of Topliss-reactive ketones (excluding diaryl/α,β-unsaturated/α-hetero) is 1. The van der Waals surface area contributed by atoms with E-state index in [9.17, 15) is 9.18 Å². The fraction of sp³-hybridized carbons (Fsp3) is 0.200. The first-order valence-electron chi connectivity index (χ1n) is 4.47. The Hall–Kier alpha value is -1.75. The lowest BCUT2D eigenvalue weighted by Gasteiger charge is -2.00. The quantitative estimate of drug-likeness (QED) is 0.743. The minimum absolute atomic E-state index is 0.0629. The summed E-state index contributed by atoms with van der Waals surface area (Å²) in [6.07, 6.45) is 1.12. The smallest absolute Gasteiger partial charge is 0.192 e.